The number of rotatable bonds is 4. The Morgan fingerprint density at radius 3 is 2.70 bits per heavy atom. The molecule has 0 spiro atoms. The van der Waals surface area contributed by atoms with Crippen LogP contribution in [0.5, 0.6) is 0 Å². The Kier molecular flexibility index (Phi) is 6.10. The number of hydrogen-bond donors (Lipinski definition) is 0. The molecule has 0 heterocycles. The Hall–Kier alpha value is -1.46. The van der Waals surface area contributed by atoms with Gasteiger partial charge in [-0.2, -0.15) is 9.71 Å². The van der Waals surface area contributed by atoms with E-state index in [0.29, 0.717) is 12.5 Å². The lowest BCUT2D eigenvalue weighted by Crippen LogP contribution is -2.42. The van der Waals surface area contributed by atoms with E-state index in [0.717, 1.165) is 30.7 Å². The topological polar surface area (TPSA) is 87.5 Å². The van der Waals surface area contributed by atoms with E-state index < -0.39 is 11.7 Å². The van der Waals surface area contributed by atoms with E-state index in [1.807, 2.05) is 0 Å². The van der Waals surface area contributed by atoms with E-state index in [2.05, 4.69) is 10.1 Å². The van der Waals surface area contributed by atoms with E-state index in [1.54, 1.807) is 27.9 Å². The third kappa shape index (κ3) is 5.27. The highest BCUT2D eigenvalue weighted by atomic mass is 16.6. The van der Waals surface area contributed by atoms with Gasteiger partial charge < -0.3 is 9.47 Å². The second kappa shape index (κ2) is 7.36. The molecule has 7 nitrogen and oxygen atoms in total. The van der Waals surface area contributed by atoms with Crippen molar-refractivity contribution in [3.8, 4) is 0 Å². The summed E-state index contributed by atoms with van der Waals surface area (Å²) in [7, 11) is 1.67. The van der Waals surface area contributed by atoms with Crippen LogP contribution in [0.3, 0.4) is 0 Å². The van der Waals surface area contributed by atoms with Crippen molar-refractivity contribution in [3.63, 3.8) is 0 Å². The third-order valence-corrected chi connectivity index (χ3v) is 3.22. The van der Waals surface area contributed by atoms with Crippen LogP contribution < -0.4 is 0 Å². The van der Waals surface area contributed by atoms with Crippen LogP contribution in [0.4, 0.5) is 4.79 Å². The van der Waals surface area contributed by atoms with Gasteiger partial charge in [0, 0.05) is 13.7 Å². The molecule has 0 N–H and O–H groups in total. The van der Waals surface area contributed by atoms with E-state index in [1.165, 1.54) is 0 Å². The fourth-order valence-electron chi connectivity index (χ4n) is 2.48. The summed E-state index contributed by atoms with van der Waals surface area (Å²) in [6.07, 6.45) is 3.06. The number of carbonyl (C=O) groups excluding carboxylic acids is 1. The molecule has 1 aliphatic rings. The molecule has 0 aromatic heterocycles. The van der Waals surface area contributed by atoms with Crippen LogP contribution in [0.25, 0.3) is 10.4 Å². The third-order valence-electron chi connectivity index (χ3n) is 3.22. The van der Waals surface area contributed by atoms with Crippen molar-refractivity contribution in [1.29, 1.82) is 0 Å². The second-order valence-electron chi connectivity index (χ2n) is 6.15. The maximum absolute atomic E-state index is 12.1. The number of amides is 1. The van der Waals surface area contributed by atoms with Gasteiger partial charge in [-0.3, -0.25) is 0 Å². The summed E-state index contributed by atoms with van der Waals surface area (Å²) in [6, 6.07) is -0.116. The van der Waals surface area contributed by atoms with Crippen molar-refractivity contribution >= 4 is 6.09 Å². The highest BCUT2D eigenvalue weighted by Gasteiger charge is 2.35. The van der Waals surface area contributed by atoms with Crippen LogP contribution in [0.2, 0.25) is 0 Å². The number of nitrogens with zero attached hydrogens (tertiary/aromatic N) is 4. The summed E-state index contributed by atoms with van der Waals surface area (Å²) in [5.41, 5.74) is 8.06. The molecule has 0 saturated heterocycles. The molecule has 114 valence electrons. The second-order valence-corrected chi connectivity index (χ2v) is 6.15. The van der Waals surface area contributed by atoms with Gasteiger partial charge in [0.2, 0.25) is 0 Å². The first-order chi connectivity index (χ1) is 9.37. The summed E-state index contributed by atoms with van der Waals surface area (Å²) >= 11 is 0. The van der Waals surface area contributed by atoms with Gasteiger partial charge in [0.15, 0.2) is 0 Å². The lowest BCUT2D eigenvalue weighted by molar-refractivity contribution is 0.00585. The van der Waals surface area contributed by atoms with E-state index >= 15 is 0 Å². The van der Waals surface area contributed by atoms with Crippen molar-refractivity contribution in [2.45, 2.75) is 58.1 Å². The van der Waals surface area contributed by atoms with Crippen LogP contribution in [0.1, 0.15) is 46.5 Å². The van der Waals surface area contributed by atoms with Crippen molar-refractivity contribution in [2.24, 2.45) is 11.1 Å². The molecular weight excluding hydrogens is 260 g/mol. The molecule has 2 atom stereocenters. The molecule has 0 aliphatic heterocycles. The first kappa shape index (κ1) is 16.6. The molecule has 0 aromatic rings. The minimum absolute atomic E-state index is 0.116. The first-order valence-corrected chi connectivity index (χ1v) is 6.93. The van der Waals surface area contributed by atoms with Gasteiger partial charge in [-0.25, -0.2) is 0 Å². The smallest absolute Gasteiger partial charge is 0.425 e. The first-order valence-electron chi connectivity index (χ1n) is 6.93. The fraction of sp³-hybridized carbons (Fsp3) is 0.923. The molecule has 7 heteroatoms. The van der Waals surface area contributed by atoms with Gasteiger partial charge in [-0.1, -0.05) is 0 Å². The number of carbonyl (C=O) groups is 1. The van der Waals surface area contributed by atoms with E-state index in [9.17, 15) is 4.79 Å². The molecule has 0 aromatic carbocycles. The van der Waals surface area contributed by atoms with E-state index in [4.69, 9.17) is 15.0 Å². The monoisotopic (exact) mass is 284 g/mol. The number of ether oxygens (including phenoxy) is 2. The minimum Gasteiger partial charge on any atom is -0.425 e. The Morgan fingerprint density at radius 1 is 1.45 bits per heavy atom. The predicted octanol–water partition coefficient (Wildman–Crippen LogP) is 3.65. The highest BCUT2D eigenvalue weighted by molar-refractivity contribution is 5.68. The highest BCUT2D eigenvalue weighted by Crippen LogP contribution is 2.29. The molecular formula is C13H24N4O3. The quantitative estimate of drug-likeness (QED) is 0.341. The van der Waals surface area contributed by atoms with Crippen LogP contribution in [-0.4, -0.2) is 36.5 Å². The van der Waals surface area contributed by atoms with Crippen molar-refractivity contribution in [3.05, 3.63) is 10.4 Å². The zero-order valence-corrected chi connectivity index (χ0v) is 12.7. The number of methoxy groups -OCH3 is 1. The van der Waals surface area contributed by atoms with Gasteiger partial charge in [-0.05, 0) is 57.6 Å². The van der Waals surface area contributed by atoms with Crippen LogP contribution in [0.15, 0.2) is 5.22 Å². The normalized spacial score (nSPS) is 22.8. The SMILES string of the molecule is COC[C@H]1CCCC(N(N=[N+]=[N-])C(=O)OC(C)(C)C)C1. The fourth-order valence-corrected chi connectivity index (χ4v) is 2.48. The van der Waals surface area contributed by atoms with Gasteiger partial charge >= 0.3 is 6.09 Å². The summed E-state index contributed by atoms with van der Waals surface area (Å²) in [4.78, 5) is 14.9. The van der Waals surface area contributed by atoms with Gasteiger partial charge in [0.25, 0.3) is 0 Å². The van der Waals surface area contributed by atoms with Crippen LogP contribution in [-0.2, 0) is 9.47 Å². The molecule has 1 aliphatic carbocycles. The maximum Gasteiger partial charge on any atom is 0.511 e. The Morgan fingerprint density at radius 2 is 2.15 bits per heavy atom. The van der Waals surface area contributed by atoms with Crippen LogP contribution in [0, 0.1) is 5.92 Å². The van der Waals surface area contributed by atoms with E-state index in [-0.39, 0.29) is 6.04 Å². The molecule has 1 fully saturated rings. The summed E-state index contributed by atoms with van der Waals surface area (Å²) in [6.45, 7) is 6.02. The molecule has 1 amide bonds. The largest absolute Gasteiger partial charge is 0.511 e. The van der Waals surface area contributed by atoms with Crippen LogP contribution >= 0.6 is 0 Å². The van der Waals surface area contributed by atoms with Crippen molar-refractivity contribution in [2.75, 3.05) is 13.7 Å². The number of hydrogen-bond acceptors (Lipinski definition) is 4. The number of azide groups is 1. The average molecular weight is 284 g/mol. The molecule has 20 heavy (non-hydrogen) atoms. The Balaban J connectivity index is 2.74. The summed E-state index contributed by atoms with van der Waals surface area (Å²) in [5.74, 6) is 0.387. The average Bonchev–Trinajstić information content (AvgIpc) is 2.34. The molecule has 1 rings (SSSR count). The molecule has 1 saturated carbocycles. The van der Waals surface area contributed by atoms with Crippen molar-refractivity contribution < 1.29 is 14.3 Å². The lowest BCUT2D eigenvalue weighted by atomic mass is 9.86. The predicted molar refractivity (Wildman–Crippen MR) is 74.8 cm³/mol. The van der Waals surface area contributed by atoms with Gasteiger partial charge in [-0.15, -0.1) is 10.5 Å². The molecule has 1 unspecified atom stereocenters. The maximum atomic E-state index is 12.1. The zero-order chi connectivity index (χ0) is 15.2. The standard InChI is InChI=1S/C13H24N4O3/c1-13(2,3)20-12(18)17(16-15-14)11-7-5-6-10(8-11)9-19-4/h10-11H,5-9H2,1-4H3/t10-,11?/m0/s1. The van der Waals surface area contributed by atoms with Gasteiger partial charge in [0.05, 0.1) is 0 Å². The Labute approximate surface area is 119 Å². The lowest BCUT2D eigenvalue weighted by Gasteiger charge is -2.31. The van der Waals surface area contributed by atoms with Gasteiger partial charge in [0.1, 0.15) is 11.6 Å². The molecule has 0 radical (unpaired) electrons. The Bertz CT molecular complexity index is 372. The summed E-state index contributed by atoms with van der Waals surface area (Å²) < 4.78 is 10.5. The molecule has 0 bridgehead atoms. The van der Waals surface area contributed by atoms with Crippen molar-refractivity contribution in [1.82, 2.24) is 5.01 Å². The zero-order valence-electron chi connectivity index (χ0n) is 12.7. The summed E-state index contributed by atoms with van der Waals surface area (Å²) in [5, 5.41) is 4.67. The minimum atomic E-state index is -0.610.